The molecule has 5 nitrogen and oxygen atoms in total. The topological polar surface area (TPSA) is 81.2 Å². The second-order valence-corrected chi connectivity index (χ2v) is 12.3. The van der Waals surface area contributed by atoms with E-state index >= 15 is 0 Å². The zero-order chi connectivity index (χ0) is 33.8. The SMILES string of the molecule is N#Cc1ccc(-c2cccc(C#N)c2-n2c3ccccc3c3cc(C#N)ccc32)c(-c2ccc(-n3c4ccccc4c4ccccc43)cc2)c1. The van der Waals surface area contributed by atoms with Gasteiger partial charge >= 0.3 is 0 Å². The number of benzene rings is 7. The van der Waals surface area contributed by atoms with Gasteiger partial charge in [0.15, 0.2) is 0 Å². The Kier molecular flexibility index (Phi) is 6.56. The van der Waals surface area contributed by atoms with Crippen molar-refractivity contribution in [2.24, 2.45) is 0 Å². The van der Waals surface area contributed by atoms with Gasteiger partial charge in [-0.1, -0.05) is 84.9 Å². The Balaban J connectivity index is 1.27. The summed E-state index contributed by atoms with van der Waals surface area (Å²) in [6, 6.07) is 57.7. The van der Waals surface area contributed by atoms with Crippen molar-refractivity contribution in [1.29, 1.82) is 15.8 Å². The van der Waals surface area contributed by atoms with Crippen molar-refractivity contribution in [3.8, 4) is 51.8 Å². The van der Waals surface area contributed by atoms with Crippen molar-refractivity contribution in [1.82, 2.24) is 9.13 Å². The van der Waals surface area contributed by atoms with Gasteiger partial charge in [0.2, 0.25) is 0 Å². The minimum absolute atomic E-state index is 0.520. The van der Waals surface area contributed by atoms with Crippen molar-refractivity contribution in [3.05, 3.63) is 168 Å². The van der Waals surface area contributed by atoms with Gasteiger partial charge in [0, 0.05) is 32.8 Å². The molecule has 0 N–H and O–H groups in total. The van der Waals surface area contributed by atoms with E-state index in [0.29, 0.717) is 16.7 Å². The Hall–Kier alpha value is -7.39. The van der Waals surface area contributed by atoms with Crippen molar-refractivity contribution >= 4 is 43.6 Å². The third-order valence-electron chi connectivity index (χ3n) is 9.64. The molecule has 0 amide bonds. The van der Waals surface area contributed by atoms with Crippen LogP contribution in [0.3, 0.4) is 0 Å². The molecular formula is C45H25N5. The number of aromatic nitrogens is 2. The molecule has 230 valence electrons. The first-order valence-corrected chi connectivity index (χ1v) is 16.3. The van der Waals surface area contributed by atoms with Crippen LogP contribution >= 0.6 is 0 Å². The second kappa shape index (κ2) is 11.4. The third-order valence-corrected chi connectivity index (χ3v) is 9.64. The lowest BCUT2D eigenvalue weighted by Gasteiger charge is -2.19. The lowest BCUT2D eigenvalue weighted by Crippen LogP contribution is -2.02. The molecule has 0 aliphatic heterocycles. The van der Waals surface area contributed by atoms with E-state index in [9.17, 15) is 15.8 Å². The van der Waals surface area contributed by atoms with E-state index in [1.165, 1.54) is 10.8 Å². The van der Waals surface area contributed by atoms with Crippen LogP contribution in [0.4, 0.5) is 0 Å². The number of nitriles is 3. The summed E-state index contributed by atoms with van der Waals surface area (Å²) in [5.74, 6) is 0. The van der Waals surface area contributed by atoms with Gasteiger partial charge in [-0.3, -0.25) is 0 Å². The molecule has 9 rings (SSSR count). The number of hydrogen-bond donors (Lipinski definition) is 0. The van der Waals surface area contributed by atoms with E-state index in [0.717, 1.165) is 66.5 Å². The molecule has 5 heteroatoms. The number of rotatable bonds is 4. The number of nitrogens with zero attached hydrogens (tertiary/aromatic N) is 5. The standard InChI is InChI=1S/C45H25N5/c46-26-29-16-22-34(39(24-29)31-18-20-33(21-19-31)49-41-13-4-1-9-35(41)36-10-2-5-14-42(36)49)38-12-7-8-32(28-48)45(38)50-43-15-6-3-11-37(43)40-25-30(27-47)17-23-44(40)50/h1-25H. The van der Waals surface area contributed by atoms with Gasteiger partial charge in [0.25, 0.3) is 0 Å². The maximum Gasteiger partial charge on any atom is 0.101 e. The lowest BCUT2D eigenvalue weighted by molar-refractivity contribution is 1.17. The first-order valence-electron chi connectivity index (χ1n) is 16.3. The summed E-state index contributed by atoms with van der Waals surface area (Å²) in [7, 11) is 0. The number of hydrogen-bond acceptors (Lipinski definition) is 3. The first kappa shape index (κ1) is 28.8. The fourth-order valence-electron chi connectivity index (χ4n) is 7.45. The van der Waals surface area contributed by atoms with Crippen molar-refractivity contribution in [2.45, 2.75) is 0 Å². The Morgan fingerprint density at radius 3 is 1.58 bits per heavy atom. The van der Waals surface area contributed by atoms with Crippen LogP contribution in [0.2, 0.25) is 0 Å². The highest BCUT2D eigenvalue weighted by molar-refractivity contribution is 6.11. The number of para-hydroxylation sites is 4. The summed E-state index contributed by atoms with van der Waals surface area (Å²) in [5, 5.41) is 34.5. The molecule has 0 saturated heterocycles. The van der Waals surface area contributed by atoms with Crippen LogP contribution in [0.5, 0.6) is 0 Å². The molecule has 0 bridgehead atoms. The number of fused-ring (bicyclic) bond motifs is 6. The Morgan fingerprint density at radius 1 is 0.380 bits per heavy atom. The monoisotopic (exact) mass is 635 g/mol. The molecule has 0 atom stereocenters. The van der Waals surface area contributed by atoms with Gasteiger partial charge in [-0.2, -0.15) is 15.8 Å². The molecule has 0 aliphatic rings. The zero-order valence-corrected chi connectivity index (χ0v) is 26.7. The lowest BCUT2D eigenvalue weighted by atomic mass is 9.90. The van der Waals surface area contributed by atoms with Crippen molar-refractivity contribution in [2.75, 3.05) is 0 Å². The maximum atomic E-state index is 10.5. The maximum absolute atomic E-state index is 10.5. The van der Waals surface area contributed by atoms with Crippen LogP contribution in [0.15, 0.2) is 152 Å². The minimum Gasteiger partial charge on any atom is -0.309 e. The highest BCUT2D eigenvalue weighted by atomic mass is 15.0. The van der Waals surface area contributed by atoms with Gasteiger partial charge in [-0.05, 0) is 83.4 Å². The molecule has 9 aromatic rings. The molecule has 0 fully saturated rings. The molecular weight excluding hydrogens is 611 g/mol. The molecule has 7 aromatic carbocycles. The van der Waals surface area contributed by atoms with Crippen LogP contribution in [0, 0.1) is 34.0 Å². The summed E-state index contributed by atoms with van der Waals surface area (Å²) in [4.78, 5) is 0. The molecule has 0 spiro atoms. The molecule has 0 saturated carbocycles. The molecule has 0 aliphatic carbocycles. The predicted molar refractivity (Wildman–Crippen MR) is 200 cm³/mol. The summed E-state index contributed by atoms with van der Waals surface area (Å²) < 4.78 is 4.42. The summed E-state index contributed by atoms with van der Waals surface area (Å²) in [6.45, 7) is 0. The fraction of sp³-hybridized carbons (Fsp3) is 0. The summed E-state index contributed by atoms with van der Waals surface area (Å²) >= 11 is 0. The van der Waals surface area contributed by atoms with Crippen LogP contribution in [-0.4, -0.2) is 9.13 Å². The smallest absolute Gasteiger partial charge is 0.101 e. The Labute approximate surface area is 287 Å². The van der Waals surface area contributed by atoms with Gasteiger partial charge in [0.1, 0.15) is 6.07 Å². The normalized spacial score (nSPS) is 11.1. The summed E-state index contributed by atoms with van der Waals surface area (Å²) in [6.07, 6.45) is 0. The largest absolute Gasteiger partial charge is 0.309 e. The fourth-order valence-corrected chi connectivity index (χ4v) is 7.45. The molecule has 0 unspecified atom stereocenters. The predicted octanol–water partition coefficient (Wildman–Crippen LogP) is 10.8. The van der Waals surface area contributed by atoms with E-state index in [1.54, 1.807) is 0 Å². The van der Waals surface area contributed by atoms with Crippen LogP contribution in [-0.2, 0) is 0 Å². The highest BCUT2D eigenvalue weighted by Gasteiger charge is 2.21. The quantitative estimate of drug-likeness (QED) is 0.193. The van der Waals surface area contributed by atoms with Crippen molar-refractivity contribution in [3.63, 3.8) is 0 Å². The van der Waals surface area contributed by atoms with E-state index < -0.39 is 0 Å². The molecule has 50 heavy (non-hydrogen) atoms. The van der Waals surface area contributed by atoms with Gasteiger partial charge in [0.05, 0.1) is 56.6 Å². The molecule has 2 aromatic heterocycles. The Morgan fingerprint density at radius 2 is 0.940 bits per heavy atom. The van der Waals surface area contributed by atoms with Gasteiger partial charge in [-0.25, -0.2) is 0 Å². The van der Waals surface area contributed by atoms with Crippen LogP contribution < -0.4 is 0 Å². The molecule has 2 heterocycles. The second-order valence-electron chi connectivity index (χ2n) is 12.3. The Bertz CT molecular complexity index is 2900. The molecule has 0 radical (unpaired) electrons. The zero-order valence-electron chi connectivity index (χ0n) is 26.7. The van der Waals surface area contributed by atoms with E-state index in [2.05, 4.69) is 106 Å². The minimum atomic E-state index is 0.520. The average Bonchev–Trinajstić information content (AvgIpc) is 3.70. The van der Waals surface area contributed by atoms with Gasteiger partial charge in [-0.15, -0.1) is 0 Å². The van der Waals surface area contributed by atoms with E-state index in [-0.39, 0.29) is 0 Å². The highest BCUT2D eigenvalue weighted by Crippen LogP contribution is 2.42. The average molecular weight is 636 g/mol. The van der Waals surface area contributed by atoms with E-state index in [1.807, 2.05) is 72.8 Å². The van der Waals surface area contributed by atoms with Crippen molar-refractivity contribution < 1.29 is 0 Å². The summed E-state index contributed by atoms with van der Waals surface area (Å²) in [5.41, 5.74) is 11.2. The third kappa shape index (κ3) is 4.31. The van der Waals surface area contributed by atoms with Crippen LogP contribution in [0.1, 0.15) is 16.7 Å². The van der Waals surface area contributed by atoms with E-state index in [4.69, 9.17) is 0 Å². The first-order chi connectivity index (χ1) is 24.7. The van der Waals surface area contributed by atoms with Crippen LogP contribution in [0.25, 0.3) is 77.2 Å². The van der Waals surface area contributed by atoms with Gasteiger partial charge < -0.3 is 9.13 Å².